The fraction of sp³-hybridized carbons (Fsp3) is 0.406. The maximum atomic E-state index is 14.4. The van der Waals surface area contributed by atoms with Gasteiger partial charge in [-0.3, -0.25) is 24.0 Å². The minimum absolute atomic E-state index is 0.0510. The number of anilines is 1. The molecule has 2 N–H and O–H groups in total. The summed E-state index contributed by atoms with van der Waals surface area (Å²) in [5.41, 5.74) is 1.72. The quantitative estimate of drug-likeness (QED) is 0.323. The molecule has 1 aliphatic rings. The summed E-state index contributed by atoms with van der Waals surface area (Å²) >= 11 is 0. The van der Waals surface area contributed by atoms with Gasteiger partial charge in [0, 0.05) is 30.2 Å². The molecule has 0 radical (unpaired) electrons. The summed E-state index contributed by atoms with van der Waals surface area (Å²) in [6, 6.07) is 17.3. The number of carbonyl (C=O) groups excluding carboxylic acids is 2. The average molecular weight is 542 g/mol. The number of fused-ring (bicyclic) bond motifs is 1. The lowest BCUT2D eigenvalue weighted by Crippen LogP contribution is -2.62. The number of nitrogens with zero attached hydrogens (tertiary/aromatic N) is 3. The minimum Gasteiger partial charge on any atom is -0.361 e. The van der Waals surface area contributed by atoms with Crippen LogP contribution in [-0.2, 0) is 23.1 Å². The third-order valence-corrected chi connectivity index (χ3v) is 8.62. The highest BCUT2D eigenvalue weighted by atomic mass is 16.2. The van der Waals surface area contributed by atoms with Crippen LogP contribution in [0.3, 0.4) is 0 Å². The van der Waals surface area contributed by atoms with Gasteiger partial charge in [-0.1, -0.05) is 62.6 Å². The molecule has 4 aromatic rings. The lowest BCUT2D eigenvalue weighted by Gasteiger charge is -2.40. The van der Waals surface area contributed by atoms with E-state index >= 15 is 0 Å². The summed E-state index contributed by atoms with van der Waals surface area (Å²) in [6.07, 6.45) is 7.44. The van der Waals surface area contributed by atoms with Crippen molar-refractivity contribution in [3.63, 3.8) is 0 Å². The van der Waals surface area contributed by atoms with Crippen LogP contribution in [0.25, 0.3) is 16.6 Å². The Labute approximate surface area is 235 Å². The molecule has 1 saturated carbocycles. The van der Waals surface area contributed by atoms with Crippen molar-refractivity contribution in [1.82, 2.24) is 19.7 Å². The van der Waals surface area contributed by atoms with Crippen LogP contribution in [0.4, 0.5) is 5.69 Å². The number of amides is 2. The number of aromatic nitrogens is 3. The Bertz CT molecular complexity index is 1580. The number of para-hydroxylation sites is 2. The lowest BCUT2D eigenvalue weighted by molar-refractivity contribution is -0.130. The molecule has 2 aromatic heterocycles. The van der Waals surface area contributed by atoms with Crippen LogP contribution in [-0.4, -0.2) is 37.7 Å². The second-order valence-electron chi connectivity index (χ2n) is 11.1. The van der Waals surface area contributed by atoms with Gasteiger partial charge in [-0.05, 0) is 56.9 Å². The average Bonchev–Trinajstić information content (AvgIpc) is 3.47. The van der Waals surface area contributed by atoms with E-state index < -0.39 is 5.54 Å². The van der Waals surface area contributed by atoms with Crippen LogP contribution in [0.5, 0.6) is 0 Å². The molecule has 2 heterocycles. The Kier molecular flexibility index (Phi) is 7.70. The Morgan fingerprint density at radius 3 is 2.42 bits per heavy atom. The molecule has 8 nitrogen and oxygen atoms in total. The zero-order valence-corrected chi connectivity index (χ0v) is 23.9. The van der Waals surface area contributed by atoms with Crippen molar-refractivity contribution in [2.75, 3.05) is 4.90 Å². The van der Waals surface area contributed by atoms with E-state index in [4.69, 9.17) is 0 Å². The summed E-state index contributed by atoms with van der Waals surface area (Å²) in [4.78, 5) is 47.3. The Hall–Kier alpha value is -4.07. The van der Waals surface area contributed by atoms with E-state index in [0.29, 0.717) is 17.8 Å². The van der Waals surface area contributed by atoms with Crippen LogP contribution >= 0.6 is 0 Å². The molecular formula is C32H39N5O3. The number of rotatable bonds is 8. The fourth-order valence-electron chi connectivity index (χ4n) is 5.99. The van der Waals surface area contributed by atoms with Crippen LogP contribution < -0.4 is 15.8 Å². The zero-order valence-electron chi connectivity index (χ0n) is 23.9. The van der Waals surface area contributed by atoms with Crippen molar-refractivity contribution in [3.05, 3.63) is 82.4 Å². The first-order valence-corrected chi connectivity index (χ1v) is 14.3. The van der Waals surface area contributed by atoms with Gasteiger partial charge in [0.25, 0.3) is 5.56 Å². The second-order valence-corrected chi connectivity index (χ2v) is 11.1. The van der Waals surface area contributed by atoms with Gasteiger partial charge in [-0.15, -0.1) is 0 Å². The third-order valence-electron chi connectivity index (χ3n) is 8.62. The first-order chi connectivity index (χ1) is 19.3. The van der Waals surface area contributed by atoms with Gasteiger partial charge in [0.15, 0.2) is 0 Å². The van der Waals surface area contributed by atoms with E-state index in [2.05, 4.69) is 10.3 Å². The molecule has 1 fully saturated rings. The number of benzene rings is 2. The second kappa shape index (κ2) is 11.2. The first kappa shape index (κ1) is 27.5. The molecule has 0 spiro atoms. The minimum atomic E-state index is -1.26. The molecule has 2 amide bonds. The molecule has 8 heteroatoms. The number of hydrogen-bond acceptors (Lipinski definition) is 3. The van der Waals surface area contributed by atoms with Crippen molar-refractivity contribution in [3.8, 4) is 5.69 Å². The van der Waals surface area contributed by atoms with Crippen molar-refractivity contribution in [2.24, 2.45) is 7.05 Å². The summed E-state index contributed by atoms with van der Waals surface area (Å²) in [5, 5.41) is 4.19. The van der Waals surface area contributed by atoms with E-state index in [-0.39, 0.29) is 35.5 Å². The van der Waals surface area contributed by atoms with Crippen molar-refractivity contribution in [2.45, 2.75) is 77.3 Å². The van der Waals surface area contributed by atoms with Crippen LogP contribution in [0.1, 0.15) is 63.6 Å². The SMILES string of the molecule is CCC(C)(C(=O)NC1CCCCC1)N(C(=O)Cc1c[nH]c2ccccc12)c1c(C)n(C)n(-c2ccccc2)c1=O. The summed E-state index contributed by atoms with van der Waals surface area (Å²) in [6.45, 7) is 5.52. The van der Waals surface area contributed by atoms with Crippen LogP contribution in [0.2, 0.25) is 0 Å². The van der Waals surface area contributed by atoms with Crippen molar-refractivity contribution < 1.29 is 9.59 Å². The Balaban J connectivity index is 1.62. The number of carbonyl (C=O) groups is 2. The number of hydrogen-bond donors (Lipinski definition) is 2. The Morgan fingerprint density at radius 1 is 1.05 bits per heavy atom. The van der Waals surface area contributed by atoms with Gasteiger partial charge in [0.05, 0.1) is 17.8 Å². The highest BCUT2D eigenvalue weighted by molar-refractivity contribution is 6.05. The number of H-pyrrole nitrogens is 1. The maximum absolute atomic E-state index is 14.4. The molecule has 1 unspecified atom stereocenters. The smallest absolute Gasteiger partial charge is 0.295 e. The lowest BCUT2D eigenvalue weighted by atomic mass is 9.90. The maximum Gasteiger partial charge on any atom is 0.295 e. The van der Waals surface area contributed by atoms with Crippen molar-refractivity contribution >= 4 is 28.4 Å². The number of nitrogens with one attached hydrogen (secondary N) is 2. The van der Waals surface area contributed by atoms with Gasteiger partial charge in [-0.2, -0.15) is 0 Å². The van der Waals surface area contributed by atoms with E-state index in [1.807, 2.05) is 74.6 Å². The largest absolute Gasteiger partial charge is 0.361 e. The topological polar surface area (TPSA) is 92.1 Å². The molecule has 5 rings (SSSR count). The molecule has 0 aliphatic heterocycles. The molecular weight excluding hydrogens is 502 g/mol. The Morgan fingerprint density at radius 2 is 1.73 bits per heavy atom. The highest BCUT2D eigenvalue weighted by Crippen LogP contribution is 2.31. The normalized spacial score (nSPS) is 15.6. The monoisotopic (exact) mass is 541 g/mol. The van der Waals surface area contributed by atoms with Gasteiger partial charge in [0.2, 0.25) is 11.8 Å². The van der Waals surface area contributed by atoms with E-state index in [1.165, 1.54) is 11.3 Å². The molecule has 40 heavy (non-hydrogen) atoms. The molecule has 2 aromatic carbocycles. The van der Waals surface area contributed by atoms with Gasteiger partial charge in [0.1, 0.15) is 11.2 Å². The summed E-state index contributed by atoms with van der Waals surface area (Å²) in [7, 11) is 1.81. The van der Waals surface area contributed by atoms with E-state index in [1.54, 1.807) is 23.3 Å². The van der Waals surface area contributed by atoms with Crippen LogP contribution in [0.15, 0.2) is 65.6 Å². The zero-order chi connectivity index (χ0) is 28.4. The van der Waals surface area contributed by atoms with E-state index in [9.17, 15) is 14.4 Å². The van der Waals surface area contributed by atoms with Gasteiger partial charge >= 0.3 is 0 Å². The molecule has 1 atom stereocenters. The summed E-state index contributed by atoms with van der Waals surface area (Å²) < 4.78 is 3.32. The summed E-state index contributed by atoms with van der Waals surface area (Å²) in [5.74, 6) is -0.512. The molecule has 210 valence electrons. The van der Waals surface area contributed by atoms with Crippen LogP contribution in [0, 0.1) is 6.92 Å². The highest BCUT2D eigenvalue weighted by Gasteiger charge is 2.45. The van der Waals surface area contributed by atoms with E-state index in [0.717, 1.165) is 42.1 Å². The molecule has 0 saturated heterocycles. The first-order valence-electron chi connectivity index (χ1n) is 14.3. The molecule has 0 bridgehead atoms. The van der Waals surface area contributed by atoms with Gasteiger partial charge < -0.3 is 10.3 Å². The van der Waals surface area contributed by atoms with Gasteiger partial charge in [-0.25, -0.2) is 4.68 Å². The van der Waals surface area contributed by atoms with Crippen molar-refractivity contribution in [1.29, 1.82) is 0 Å². The predicted molar refractivity (Wildman–Crippen MR) is 159 cm³/mol. The standard InChI is InChI=1S/C32H39N5O3/c1-5-32(3,31(40)34-24-14-8-6-9-15-24)36(28(38)20-23-21-33-27-19-13-12-18-26(23)27)29-22(2)35(4)37(30(29)39)25-16-10-7-11-17-25/h7,10-13,16-19,21,24,33H,5-6,8-9,14-15,20H2,1-4H3,(H,34,40). The molecule has 1 aliphatic carbocycles. The third kappa shape index (κ3) is 4.87. The predicted octanol–water partition coefficient (Wildman–Crippen LogP) is 5.16. The fourth-order valence-corrected chi connectivity index (χ4v) is 5.99. The number of aromatic amines is 1.